The average molecular weight is 267 g/mol. The molecular formula is C12H21N5O2. The molecule has 1 aliphatic rings. The van der Waals surface area contributed by atoms with E-state index < -0.39 is 5.60 Å². The van der Waals surface area contributed by atoms with Crippen molar-refractivity contribution >= 4 is 12.0 Å². The molecule has 0 aliphatic carbocycles. The van der Waals surface area contributed by atoms with Crippen LogP contribution in [0.2, 0.25) is 0 Å². The molecule has 1 amide bonds. The Morgan fingerprint density at radius 2 is 1.89 bits per heavy atom. The summed E-state index contributed by atoms with van der Waals surface area (Å²) in [6, 6.07) is 0. The molecule has 0 saturated carbocycles. The summed E-state index contributed by atoms with van der Waals surface area (Å²) in [5.41, 5.74) is -0.448. The fraction of sp³-hybridized carbons (Fsp3) is 0.750. The van der Waals surface area contributed by atoms with Gasteiger partial charge in [0.2, 0.25) is 5.95 Å². The predicted octanol–water partition coefficient (Wildman–Crippen LogP) is 0.872. The molecular weight excluding hydrogens is 246 g/mol. The Morgan fingerprint density at radius 1 is 1.26 bits per heavy atom. The third-order valence-electron chi connectivity index (χ3n) is 2.80. The lowest BCUT2D eigenvalue weighted by molar-refractivity contribution is 0.0240. The summed E-state index contributed by atoms with van der Waals surface area (Å²) in [6.07, 6.45) is 1.43. The Labute approximate surface area is 113 Å². The van der Waals surface area contributed by atoms with Gasteiger partial charge in [-0.2, -0.15) is 0 Å². The van der Waals surface area contributed by atoms with Gasteiger partial charge in [0.1, 0.15) is 11.9 Å². The maximum Gasteiger partial charge on any atom is 0.410 e. The second kappa shape index (κ2) is 5.07. The molecule has 2 heterocycles. The fourth-order valence-electron chi connectivity index (χ4n) is 1.89. The smallest absolute Gasteiger partial charge is 0.410 e. The Balaban J connectivity index is 1.87. The summed E-state index contributed by atoms with van der Waals surface area (Å²) in [5.74, 6) is 0.714. The average Bonchev–Trinajstić information content (AvgIpc) is 2.74. The molecule has 106 valence electrons. The zero-order valence-electron chi connectivity index (χ0n) is 12.0. The molecule has 0 N–H and O–H groups in total. The summed E-state index contributed by atoms with van der Waals surface area (Å²) in [7, 11) is 1.84. The van der Waals surface area contributed by atoms with Gasteiger partial charge >= 0.3 is 6.09 Å². The first kappa shape index (κ1) is 13.6. The minimum absolute atomic E-state index is 0.249. The van der Waals surface area contributed by atoms with Crippen LogP contribution in [0, 0.1) is 0 Å². The number of carbonyl (C=O) groups is 1. The molecule has 7 nitrogen and oxygen atoms in total. The highest BCUT2D eigenvalue weighted by molar-refractivity contribution is 5.68. The second-order valence-electron chi connectivity index (χ2n) is 5.67. The highest BCUT2D eigenvalue weighted by Crippen LogP contribution is 2.14. The summed E-state index contributed by atoms with van der Waals surface area (Å²) >= 11 is 0. The number of hydrogen-bond donors (Lipinski definition) is 0. The predicted molar refractivity (Wildman–Crippen MR) is 71.0 cm³/mol. The minimum Gasteiger partial charge on any atom is -0.444 e. The standard InChI is InChI=1S/C12H21N5O2/c1-12(2,3)19-11(18)17-7-5-16(6-8-17)10-13-9-15(4)14-10/h9H,5-8H2,1-4H3. The van der Waals surface area contributed by atoms with Crippen LogP contribution < -0.4 is 4.90 Å². The molecule has 19 heavy (non-hydrogen) atoms. The Morgan fingerprint density at radius 3 is 2.37 bits per heavy atom. The second-order valence-corrected chi connectivity index (χ2v) is 5.67. The quantitative estimate of drug-likeness (QED) is 0.755. The number of nitrogens with zero attached hydrogens (tertiary/aromatic N) is 5. The molecule has 0 unspecified atom stereocenters. The van der Waals surface area contributed by atoms with Crippen molar-refractivity contribution in [3.05, 3.63) is 6.33 Å². The van der Waals surface area contributed by atoms with Crippen LogP contribution >= 0.6 is 0 Å². The maximum atomic E-state index is 11.9. The van der Waals surface area contributed by atoms with Crippen LogP contribution in [0.3, 0.4) is 0 Å². The van der Waals surface area contributed by atoms with Gasteiger partial charge in [0.05, 0.1) is 0 Å². The van der Waals surface area contributed by atoms with E-state index >= 15 is 0 Å². The number of aryl methyl sites for hydroxylation is 1. The highest BCUT2D eigenvalue weighted by Gasteiger charge is 2.26. The van der Waals surface area contributed by atoms with Gasteiger partial charge in [-0.05, 0) is 20.8 Å². The third-order valence-corrected chi connectivity index (χ3v) is 2.80. The van der Waals surface area contributed by atoms with Crippen molar-refractivity contribution in [2.45, 2.75) is 26.4 Å². The minimum atomic E-state index is -0.448. The number of aromatic nitrogens is 3. The van der Waals surface area contributed by atoms with Crippen LogP contribution in [0.25, 0.3) is 0 Å². The van der Waals surface area contributed by atoms with Crippen LogP contribution in [0.15, 0.2) is 6.33 Å². The lowest BCUT2D eigenvalue weighted by Crippen LogP contribution is -2.50. The van der Waals surface area contributed by atoms with Crippen molar-refractivity contribution in [3.63, 3.8) is 0 Å². The van der Waals surface area contributed by atoms with E-state index in [1.807, 2.05) is 27.8 Å². The summed E-state index contributed by atoms with van der Waals surface area (Å²) in [6.45, 7) is 8.34. The number of piperazine rings is 1. The lowest BCUT2D eigenvalue weighted by Gasteiger charge is -2.35. The SMILES string of the molecule is Cn1cnc(N2CCN(C(=O)OC(C)(C)C)CC2)n1. The van der Waals surface area contributed by atoms with E-state index in [-0.39, 0.29) is 6.09 Å². The summed E-state index contributed by atoms with van der Waals surface area (Å²) in [5, 5.41) is 4.26. The topological polar surface area (TPSA) is 63.5 Å². The van der Waals surface area contributed by atoms with Gasteiger partial charge < -0.3 is 14.5 Å². The number of carbonyl (C=O) groups excluding carboxylic acids is 1. The van der Waals surface area contributed by atoms with Gasteiger partial charge in [-0.15, -0.1) is 5.10 Å². The third kappa shape index (κ3) is 3.59. The molecule has 0 bridgehead atoms. The monoisotopic (exact) mass is 267 g/mol. The molecule has 1 aliphatic heterocycles. The lowest BCUT2D eigenvalue weighted by atomic mass is 10.2. The number of anilines is 1. The van der Waals surface area contributed by atoms with Crippen LogP contribution in [-0.2, 0) is 11.8 Å². The van der Waals surface area contributed by atoms with Crippen LogP contribution in [0.4, 0.5) is 10.7 Å². The van der Waals surface area contributed by atoms with Crippen LogP contribution in [-0.4, -0.2) is 57.5 Å². The largest absolute Gasteiger partial charge is 0.444 e. The molecule has 1 fully saturated rings. The van der Waals surface area contributed by atoms with Gasteiger partial charge in [-0.25, -0.2) is 9.78 Å². The van der Waals surface area contributed by atoms with E-state index in [9.17, 15) is 4.79 Å². The number of ether oxygens (including phenoxy) is 1. The zero-order valence-corrected chi connectivity index (χ0v) is 12.0. The summed E-state index contributed by atoms with van der Waals surface area (Å²) in [4.78, 5) is 19.9. The first-order valence-electron chi connectivity index (χ1n) is 6.44. The number of amides is 1. The van der Waals surface area contributed by atoms with Crippen LogP contribution in [0.1, 0.15) is 20.8 Å². The maximum absolute atomic E-state index is 11.9. The van der Waals surface area contributed by atoms with E-state index in [1.54, 1.807) is 15.9 Å². The van der Waals surface area contributed by atoms with Gasteiger partial charge in [-0.1, -0.05) is 0 Å². The van der Waals surface area contributed by atoms with Crippen molar-refractivity contribution < 1.29 is 9.53 Å². The zero-order chi connectivity index (χ0) is 14.0. The molecule has 1 saturated heterocycles. The van der Waals surface area contributed by atoms with Crippen LogP contribution in [0.5, 0.6) is 0 Å². The molecule has 2 rings (SSSR count). The molecule has 7 heteroatoms. The first-order chi connectivity index (χ1) is 8.85. The van der Waals surface area contributed by atoms with E-state index in [0.29, 0.717) is 19.0 Å². The van der Waals surface area contributed by atoms with Gasteiger partial charge in [0.15, 0.2) is 0 Å². The van der Waals surface area contributed by atoms with Crippen molar-refractivity contribution in [3.8, 4) is 0 Å². The number of hydrogen-bond acceptors (Lipinski definition) is 5. The molecule has 1 aromatic rings. The van der Waals surface area contributed by atoms with Gasteiger partial charge in [0, 0.05) is 33.2 Å². The van der Waals surface area contributed by atoms with Gasteiger partial charge in [-0.3, -0.25) is 4.68 Å². The van der Waals surface area contributed by atoms with Crippen molar-refractivity contribution in [2.75, 3.05) is 31.1 Å². The summed E-state index contributed by atoms with van der Waals surface area (Å²) < 4.78 is 7.03. The molecule has 0 aromatic carbocycles. The Kier molecular flexibility index (Phi) is 3.64. The molecule has 0 radical (unpaired) electrons. The first-order valence-corrected chi connectivity index (χ1v) is 6.44. The van der Waals surface area contributed by atoms with Crippen molar-refractivity contribution in [1.82, 2.24) is 19.7 Å². The molecule has 0 atom stereocenters. The van der Waals surface area contributed by atoms with E-state index in [0.717, 1.165) is 13.1 Å². The highest BCUT2D eigenvalue weighted by atomic mass is 16.6. The Hall–Kier alpha value is -1.79. The number of rotatable bonds is 1. The van der Waals surface area contributed by atoms with Crippen molar-refractivity contribution in [1.29, 1.82) is 0 Å². The Bertz CT molecular complexity index is 443. The fourth-order valence-corrected chi connectivity index (χ4v) is 1.89. The van der Waals surface area contributed by atoms with E-state index in [2.05, 4.69) is 15.0 Å². The molecule has 1 aromatic heterocycles. The molecule has 0 spiro atoms. The normalized spacial score (nSPS) is 16.6. The van der Waals surface area contributed by atoms with Crippen molar-refractivity contribution in [2.24, 2.45) is 7.05 Å². The van der Waals surface area contributed by atoms with Gasteiger partial charge in [0.25, 0.3) is 0 Å². The van der Waals surface area contributed by atoms with E-state index in [1.165, 1.54) is 0 Å². The van der Waals surface area contributed by atoms with E-state index in [4.69, 9.17) is 4.74 Å².